The third-order valence-electron chi connectivity index (χ3n) is 2.42. The van der Waals surface area contributed by atoms with E-state index in [1.54, 1.807) is 48.5 Å². The zero-order chi connectivity index (χ0) is 11.5. The summed E-state index contributed by atoms with van der Waals surface area (Å²) in [6, 6.07) is 13.7. The van der Waals surface area contributed by atoms with Gasteiger partial charge in [0.05, 0.1) is 5.38 Å². The molecule has 2 nitrogen and oxygen atoms in total. The summed E-state index contributed by atoms with van der Waals surface area (Å²) < 4.78 is 0. The van der Waals surface area contributed by atoms with E-state index in [-0.39, 0.29) is 11.5 Å². The zero-order valence-corrected chi connectivity index (χ0v) is 9.22. The van der Waals surface area contributed by atoms with E-state index in [0.717, 1.165) is 0 Å². The number of aromatic hydroxyl groups is 2. The minimum Gasteiger partial charge on any atom is -0.508 e. The quantitative estimate of drug-likeness (QED) is 0.782. The smallest absolute Gasteiger partial charge is 0.120 e. The van der Waals surface area contributed by atoms with Gasteiger partial charge in [0.25, 0.3) is 0 Å². The minimum absolute atomic E-state index is 0.130. The van der Waals surface area contributed by atoms with Gasteiger partial charge in [-0.1, -0.05) is 36.4 Å². The maximum absolute atomic E-state index is 9.67. The molecule has 0 spiro atoms. The summed E-state index contributed by atoms with van der Waals surface area (Å²) >= 11 is 6.22. The van der Waals surface area contributed by atoms with Crippen LogP contribution in [0.25, 0.3) is 0 Å². The van der Waals surface area contributed by atoms with Gasteiger partial charge in [-0.2, -0.15) is 0 Å². The largest absolute Gasteiger partial charge is 0.508 e. The molecule has 0 aromatic heterocycles. The Balaban J connectivity index is 2.44. The maximum atomic E-state index is 9.67. The predicted octanol–water partition coefficient (Wildman–Crippen LogP) is 3.43. The maximum Gasteiger partial charge on any atom is 0.120 e. The number of phenolic OH excluding ortho intramolecular Hbond substituents is 2. The first-order chi connectivity index (χ1) is 7.70. The van der Waals surface area contributed by atoms with Crippen LogP contribution in [0.15, 0.2) is 48.5 Å². The second kappa shape index (κ2) is 4.45. The van der Waals surface area contributed by atoms with Gasteiger partial charge < -0.3 is 10.2 Å². The van der Waals surface area contributed by atoms with Crippen LogP contribution < -0.4 is 0 Å². The Morgan fingerprint density at radius 1 is 0.750 bits per heavy atom. The van der Waals surface area contributed by atoms with Crippen molar-refractivity contribution in [3.63, 3.8) is 0 Å². The van der Waals surface area contributed by atoms with Gasteiger partial charge in [0.2, 0.25) is 0 Å². The average Bonchev–Trinajstić information content (AvgIpc) is 2.29. The van der Waals surface area contributed by atoms with Gasteiger partial charge in [0.15, 0.2) is 0 Å². The Kier molecular flexibility index (Phi) is 3.02. The summed E-state index contributed by atoms with van der Waals surface area (Å²) in [4.78, 5) is 0. The van der Waals surface area contributed by atoms with Crippen LogP contribution in [0.1, 0.15) is 16.5 Å². The van der Waals surface area contributed by atoms with Gasteiger partial charge in [0, 0.05) is 11.1 Å². The summed E-state index contributed by atoms with van der Waals surface area (Å²) in [5, 5.41) is 18.8. The van der Waals surface area contributed by atoms with E-state index in [9.17, 15) is 10.2 Å². The third kappa shape index (κ3) is 1.97. The summed E-state index contributed by atoms with van der Waals surface area (Å²) in [6.07, 6.45) is 0. The Morgan fingerprint density at radius 3 is 1.50 bits per heavy atom. The molecule has 0 saturated heterocycles. The SMILES string of the molecule is Oc1ccccc1C(Cl)c1ccccc1O. The van der Waals surface area contributed by atoms with Crippen LogP contribution in [0.3, 0.4) is 0 Å². The monoisotopic (exact) mass is 234 g/mol. The first-order valence-corrected chi connectivity index (χ1v) is 5.33. The highest BCUT2D eigenvalue weighted by Gasteiger charge is 2.16. The number of para-hydroxylation sites is 2. The number of hydrogen-bond donors (Lipinski definition) is 2. The lowest BCUT2D eigenvalue weighted by molar-refractivity contribution is 0.462. The van der Waals surface area contributed by atoms with E-state index in [4.69, 9.17) is 11.6 Å². The molecule has 3 heteroatoms. The summed E-state index contributed by atoms with van der Waals surface area (Å²) in [6.45, 7) is 0. The Morgan fingerprint density at radius 2 is 1.12 bits per heavy atom. The number of hydrogen-bond acceptors (Lipinski definition) is 2. The highest BCUT2D eigenvalue weighted by atomic mass is 35.5. The van der Waals surface area contributed by atoms with Gasteiger partial charge in [-0.05, 0) is 12.1 Å². The van der Waals surface area contributed by atoms with Crippen molar-refractivity contribution < 1.29 is 10.2 Å². The van der Waals surface area contributed by atoms with Crippen LogP contribution in [0.4, 0.5) is 0 Å². The third-order valence-corrected chi connectivity index (χ3v) is 2.89. The molecule has 0 bridgehead atoms. The molecule has 0 unspecified atom stereocenters. The van der Waals surface area contributed by atoms with Crippen molar-refractivity contribution in [2.75, 3.05) is 0 Å². The second-order valence-electron chi connectivity index (χ2n) is 3.48. The minimum atomic E-state index is -0.553. The van der Waals surface area contributed by atoms with E-state index in [2.05, 4.69) is 0 Å². The zero-order valence-electron chi connectivity index (χ0n) is 8.47. The molecule has 0 aliphatic heterocycles. The molecule has 0 aliphatic rings. The fourth-order valence-electron chi connectivity index (χ4n) is 1.57. The highest BCUT2D eigenvalue weighted by Crippen LogP contribution is 2.37. The highest BCUT2D eigenvalue weighted by molar-refractivity contribution is 6.23. The number of halogens is 1. The van der Waals surface area contributed by atoms with Crippen LogP contribution in [-0.2, 0) is 0 Å². The topological polar surface area (TPSA) is 40.5 Å². The first-order valence-electron chi connectivity index (χ1n) is 4.90. The normalized spacial score (nSPS) is 10.6. The van der Waals surface area contributed by atoms with Crippen LogP contribution in [0, 0.1) is 0 Å². The number of alkyl halides is 1. The molecule has 2 aromatic carbocycles. The van der Waals surface area contributed by atoms with Crippen LogP contribution in [0.5, 0.6) is 11.5 Å². The Bertz CT molecular complexity index is 451. The van der Waals surface area contributed by atoms with Gasteiger partial charge in [-0.15, -0.1) is 11.6 Å². The van der Waals surface area contributed by atoms with E-state index in [0.29, 0.717) is 11.1 Å². The van der Waals surface area contributed by atoms with Gasteiger partial charge >= 0.3 is 0 Å². The van der Waals surface area contributed by atoms with Crippen LogP contribution >= 0.6 is 11.6 Å². The van der Waals surface area contributed by atoms with Crippen molar-refractivity contribution in [2.45, 2.75) is 5.38 Å². The van der Waals surface area contributed by atoms with Crippen molar-refractivity contribution in [3.8, 4) is 11.5 Å². The lowest BCUT2D eigenvalue weighted by Gasteiger charge is -2.13. The van der Waals surface area contributed by atoms with Crippen molar-refractivity contribution in [1.82, 2.24) is 0 Å². The fourth-order valence-corrected chi connectivity index (χ4v) is 1.94. The van der Waals surface area contributed by atoms with Crippen molar-refractivity contribution in [2.24, 2.45) is 0 Å². The number of rotatable bonds is 2. The van der Waals surface area contributed by atoms with Gasteiger partial charge in [-0.3, -0.25) is 0 Å². The summed E-state index contributed by atoms with van der Waals surface area (Å²) in [7, 11) is 0. The van der Waals surface area contributed by atoms with E-state index in [1.165, 1.54) is 0 Å². The first kappa shape index (κ1) is 10.8. The summed E-state index contributed by atoms with van der Waals surface area (Å²) in [5.74, 6) is 0.261. The molecular weight excluding hydrogens is 224 g/mol. The van der Waals surface area contributed by atoms with Crippen LogP contribution in [-0.4, -0.2) is 10.2 Å². The molecule has 0 amide bonds. The molecule has 16 heavy (non-hydrogen) atoms. The molecule has 82 valence electrons. The lowest BCUT2D eigenvalue weighted by Crippen LogP contribution is -1.93. The van der Waals surface area contributed by atoms with Crippen molar-refractivity contribution in [1.29, 1.82) is 0 Å². The van der Waals surface area contributed by atoms with E-state index < -0.39 is 5.38 Å². The predicted molar refractivity (Wildman–Crippen MR) is 63.9 cm³/mol. The van der Waals surface area contributed by atoms with E-state index >= 15 is 0 Å². The molecule has 2 N–H and O–H groups in total. The molecule has 0 aliphatic carbocycles. The lowest BCUT2D eigenvalue weighted by atomic mass is 10.0. The molecule has 2 aromatic rings. The molecule has 0 atom stereocenters. The number of benzene rings is 2. The Labute approximate surface area is 98.7 Å². The molecule has 0 fully saturated rings. The standard InChI is InChI=1S/C13H11ClO2/c14-13(9-5-1-3-7-11(9)15)10-6-2-4-8-12(10)16/h1-8,13,15-16H. The second-order valence-corrected chi connectivity index (χ2v) is 3.92. The average molecular weight is 235 g/mol. The van der Waals surface area contributed by atoms with Crippen molar-refractivity contribution in [3.05, 3.63) is 59.7 Å². The summed E-state index contributed by atoms with van der Waals surface area (Å²) in [5.41, 5.74) is 1.18. The van der Waals surface area contributed by atoms with Crippen molar-refractivity contribution >= 4 is 11.6 Å². The molecular formula is C13H11ClO2. The van der Waals surface area contributed by atoms with Gasteiger partial charge in [0.1, 0.15) is 11.5 Å². The fraction of sp³-hybridized carbons (Fsp3) is 0.0769. The van der Waals surface area contributed by atoms with Gasteiger partial charge in [-0.25, -0.2) is 0 Å². The molecule has 0 heterocycles. The molecule has 0 radical (unpaired) electrons. The molecule has 2 rings (SSSR count). The molecule has 0 saturated carbocycles. The Hall–Kier alpha value is -1.67. The van der Waals surface area contributed by atoms with Crippen LogP contribution in [0.2, 0.25) is 0 Å². The van der Waals surface area contributed by atoms with E-state index in [1.807, 2.05) is 0 Å². The number of phenols is 2.